The summed E-state index contributed by atoms with van der Waals surface area (Å²) < 4.78 is 0. The van der Waals surface area contributed by atoms with Gasteiger partial charge in [0.15, 0.2) is 0 Å². The van der Waals surface area contributed by atoms with E-state index < -0.39 is 0 Å². The van der Waals surface area contributed by atoms with E-state index in [0.29, 0.717) is 0 Å². The highest BCUT2D eigenvalue weighted by Crippen LogP contribution is 2.20. The van der Waals surface area contributed by atoms with Crippen molar-refractivity contribution < 1.29 is 0 Å². The maximum absolute atomic E-state index is 4.42. The Morgan fingerprint density at radius 3 is 2.00 bits per heavy atom. The summed E-state index contributed by atoms with van der Waals surface area (Å²) in [4.78, 5) is 0. The Balaban J connectivity index is 3.29. The van der Waals surface area contributed by atoms with E-state index in [1.165, 1.54) is 42.9 Å². The Kier molecular flexibility index (Phi) is 16.4. The summed E-state index contributed by atoms with van der Waals surface area (Å²) in [5.74, 6) is 6.84. The van der Waals surface area contributed by atoms with Crippen LogP contribution < -0.4 is 0 Å². The van der Waals surface area contributed by atoms with Gasteiger partial charge in [-0.1, -0.05) is 0 Å². The van der Waals surface area contributed by atoms with Crippen molar-refractivity contribution in [3.8, 4) is 0 Å². The van der Waals surface area contributed by atoms with Gasteiger partial charge in [-0.15, -0.1) is 0 Å². The van der Waals surface area contributed by atoms with Gasteiger partial charge in [-0.3, -0.25) is 0 Å². The standard InChI is InChI=1S/C11H24S5/c12-5-1-3-7-15-10-11(9-14)16-8-4-2-6-13/h11-14H,1-10H2. The van der Waals surface area contributed by atoms with Gasteiger partial charge in [0.25, 0.3) is 0 Å². The van der Waals surface area contributed by atoms with E-state index in [-0.39, 0.29) is 0 Å². The molecule has 0 aromatic rings. The Morgan fingerprint density at radius 1 is 0.812 bits per heavy atom. The number of thioether (sulfide) groups is 2. The number of rotatable bonds is 12. The molecular formula is C11H24S5. The van der Waals surface area contributed by atoms with Crippen LogP contribution in [-0.4, -0.2) is 39.8 Å². The fraction of sp³-hybridized carbons (Fsp3) is 1.00. The molecule has 0 fully saturated rings. The molecule has 16 heavy (non-hydrogen) atoms. The molecule has 1 atom stereocenters. The number of hydrogen-bond acceptors (Lipinski definition) is 5. The van der Waals surface area contributed by atoms with Gasteiger partial charge in [-0.05, 0) is 48.7 Å². The molecule has 0 nitrogen and oxygen atoms in total. The average Bonchev–Trinajstić information content (AvgIpc) is 2.31. The van der Waals surface area contributed by atoms with Crippen LogP contribution in [0.4, 0.5) is 0 Å². The molecule has 0 N–H and O–H groups in total. The normalized spacial score (nSPS) is 12.9. The van der Waals surface area contributed by atoms with E-state index in [2.05, 4.69) is 61.4 Å². The zero-order valence-electron chi connectivity index (χ0n) is 9.81. The molecule has 0 aliphatic heterocycles. The van der Waals surface area contributed by atoms with Crippen molar-refractivity contribution in [1.82, 2.24) is 0 Å². The topological polar surface area (TPSA) is 0 Å². The smallest absolute Gasteiger partial charge is 0.0226 e. The molecule has 98 valence electrons. The van der Waals surface area contributed by atoms with Gasteiger partial charge >= 0.3 is 0 Å². The Labute approximate surface area is 126 Å². The van der Waals surface area contributed by atoms with Crippen LogP contribution in [0, 0.1) is 0 Å². The van der Waals surface area contributed by atoms with E-state index in [1.807, 2.05) is 0 Å². The third-order valence-electron chi connectivity index (χ3n) is 2.11. The first-order chi connectivity index (χ1) is 7.85. The van der Waals surface area contributed by atoms with Gasteiger partial charge in [0.1, 0.15) is 0 Å². The number of hydrogen-bond donors (Lipinski definition) is 3. The molecule has 0 amide bonds. The molecule has 0 spiro atoms. The fourth-order valence-electron chi connectivity index (χ4n) is 1.15. The van der Waals surface area contributed by atoms with Crippen LogP contribution in [0.3, 0.4) is 0 Å². The lowest BCUT2D eigenvalue weighted by Gasteiger charge is -2.13. The van der Waals surface area contributed by atoms with Gasteiger partial charge in [0.05, 0.1) is 0 Å². The van der Waals surface area contributed by atoms with Gasteiger partial charge in [-0.2, -0.15) is 61.4 Å². The summed E-state index contributed by atoms with van der Waals surface area (Å²) in [6.07, 6.45) is 5.09. The molecule has 0 rings (SSSR count). The zero-order chi connectivity index (χ0) is 12.1. The first kappa shape index (κ1) is 17.8. The van der Waals surface area contributed by atoms with Crippen molar-refractivity contribution >= 4 is 61.4 Å². The molecule has 0 aromatic heterocycles. The molecule has 0 aromatic carbocycles. The molecule has 0 radical (unpaired) electrons. The molecule has 5 heteroatoms. The summed E-state index contributed by atoms with van der Waals surface area (Å²) in [6.45, 7) is 0. The van der Waals surface area contributed by atoms with Crippen LogP contribution in [0.2, 0.25) is 0 Å². The second-order valence-electron chi connectivity index (χ2n) is 3.61. The lowest BCUT2D eigenvalue weighted by molar-refractivity contribution is 0.904. The van der Waals surface area contributed by atoms with Crippen LogP contribution >= 0.6 is 61.4 Å². The first-order valence-electron chi connectivity index (χ1n) is 5.87. The van der Waals surface area contributed by atoms with Crippen LogP contribution in [0.15, 0.2) is 0 Å². The van der Waals surface area contributed by atoms with Gasteiger partial charge in [0, 0.05) is 16.8 Å². The fourth-order valence-corrected chi connectivity index (χ4v) is 4.65. The first-order valence-corrected chi connectivity index (χ1v) is 9.97. The number of thiol groups is 3. The highest BCUT2D eigenvalue weighted by atomic mass is 32.2. The third kappa shape index (κ3) is 12.2. The highest BCUT2D eigenvalue weighted by Gasteiger charge is 2.06. The number of unbranched alkanes of at least 4 members (excludes halogenated alkanes) is 2. The molecule has 0 aliphatic rings. The second-order valence-corrected chi connectivity index (χ2v) is 7.43. The van der Waals surface area contributed by atoms with Crippen molar-refractivity contribution in [1.29, 1.82) is 0 Å². The van der Waals surface area contributed by atoms with Crippen LogP contribution in [-0.2, 0) is 0 Å². The monoisotopic (exact) mass is 316 g/mol. The van der Waals surface area contributed by atoms with Crippen molar-refractivity contribution in [2.45, 2.75) is 30.9 Å². The Bertz CT molecular complexity index is 132. The predicted molar refractivity (Wildman–Crippen MR) is 93.6 cm³/mol. The zero-order valence-corrected chi connectivity index (χ0v) is 14.1. The van der Waals surface area contributed by atoms with Gasteiger partial charge < -0.3 is 0 Å². The average molecular weight is 317 g/mol. The lowest BCUT2D eigenvalue weighted by Crippen LogP contribution is -2.09. The highest BCUT2D eigenvalue weighted by molar-refractivity contribution is 8.03. The van der Waals surface area contributed by atoms with E-state index >= 15 is 0 Å². The molecule has 0 saturated heterocycles. The van der Waals surface area contributed by atoms with Crippen LogP contribution in [0.25, 0.3) is 0 Å². The van der Waals surface area contributed by atoms with Crippen LogP contribution in [0.1, 0.15) is 25.7 Å². The summed E-state index contributed by atoms with van der Waals surface area (Å²) >= 11 is 17.0. The third-order valence-corrected chi connectivity index (χ3v) is 6.19. The van der Waals surface area contributed by atoms with Crippen LogP contribution in [0.5, 0.6) is 0 Å². The molecule has 0 aliphatic carbocycles. The molecule has 0 bridgehead atoms. The maximum atomic E-state index is 4.42. The molecule has 0 saturated carbocycles. The largest absolute Gasteiger partial charge is 0.179 e. The van der Waals surface area contributed by atoms with Gasteiger partial charge in [0.2, 0.25) is 0 Å². The van der Waals surface area contributed by atoms with E-state index in [4.69, 9.17) is 0 Å². The Morgan fingerprint density at radius 2 is 1.44 bits per heavy atom. The van der Waals surface area contributed by atoms with Crippen molar-refractivity contribution in [2.24, 2.45) is 0 Å². The maximum Gasteiger partial charge on any atom is 0.0226 e. The molecule has 1 unspecified atom stereocenters. The summed E-state index contributed by atoms with van der Waals surface area (Å²) in [7, 11) is 0. The SMILES string of the molecule is SCCCCSCC(CS)SCCCCS. The molecular weight excluding hydrogens is 292 g/mol. The Hall–Kier alpha value is 1.75. The van der Waals surface area contributed by atoms with Crippen molar-refractivity contribution in [2.75, 3.05) is 34.5 Å². The van der Waals surface area contributed by atoms with Crippen molar-refractivity contribution in [3.05, 3.63) is 0 Å². The van der Waals surface area contributed by atoms with Crippen molar-refractivity contribution in [3.63, 3.8) is 0 Å². The second kappa shape index (κ2) is 14.8. The summed E-state index contributed by atoms with van der Waals surface area (Å²) in [6, 6.07) is 0. The molecule has 0 heterocycles. The van der Waals surface area contributed by atoms with E-state index in [0.717, 1.165) is 22.5 Å². The van der Waals surface area contributed by atoms with Gasteiger partial charge in [-0.25, -0.2) is 0 Å². The minimum atomic E-state index is 0.726. The quantitative estimate of drug-likeness (QED) is 0.365. The van der Waals surface area contributed by atoms with E-state index in [1.54, 1.807) is 0 Å². The van der Waals surface area contributed by atoms with E-state index in [9.17, 15) is 0 Å². The predicted octanol–water partition coefficient (Wildman–Crippen LogP) is 4.17. The summed E-state index contributed by atoms with van der Waals surface area (Å²) in [5, 5.41) is 0.726. The minimum absolute atomic E-state index is 0.726. The summed E-state index contributed by atoms with van der Waals surface area (Å²) in [5.41, 5.74) is 0. The minimum Gasteiger partial charge on any atom is -0.179 e. The lowest BCUT2D eigenvalue weighted by atomic mass is 10.4.